The van der Waals surface area contributed by atoms with Gasteiger partial charge in [-0.3, -0.25) is 0 Å². The van der Waals surface area contributed by atoms with E-state index in [0.29, 0.717) is 5.92 Å². The average Bonchev–Trinajstić information content (AvgIpc) is 3.16. The zero-order chi connectivity index (χ0) is 14.4. The zero-order valence-electron chi connectivity index (χ0n) is 13.1. The molecule has 0 saturated carbocycles. The Labute approximate surface area is 147 Å². The molecule has 21 heavy (non-hydrogen) atoms. The van der Waals surface area contributed by atoms with Gasteiger partial charge in [0, 0.05) is 0 Å². The molecule has 1 nitrogen and oxygen atoms in total. The summed E-state index contributed by atoms with van der Waals surface area (Å²) < 4.78 is 6.24. The molecular weight excluding hydrogens is 316 g/mol. The van der Waals surface area contributed by atoms with Gasteiger partial charge in [0.15, 0.2) is 0 Å². The van der Waals surface area contributed by atoms with Crippen LogP contribution in [0.15, 0.2) is 47.6 Å². The standard InChI is InChI=1S/C18H25O.ClH.Ti/c1-3-5-10-15(4-2)18(19,16-11-6-7-12-16)17-13-8-9-14-17;;/h6-9,11,13,15H,3-5,10,12,14H2,1-2H3;1H;/q-1;;+1. The molecule has 0 aliphatic heterocycles. The number of allylic oxidation sites excluding steroid dienone is 6. The van der Waals surface area contributed by atoms with Crippen LogP contribution >= 0.6 is 12.4 Å². The van der Waals surface area contributed by atoms with Gasteiger partial charge in [-0.25, -0.2) is 0 Å². The predicted molar refractivity (Wildman–Crippen MR) is 88.1 cm³/mol. The summed E-state index contributed by atoms with van der Waals surface area (Å²) in [5, 5.41) is 0. The van der Waals surface area contributed by atoms with E-state index in [9.17, 15) is 0 Å². The van der Waals surface area contributed by atoms with Gasteiger partial charge < -0.3 is 0 Å². The van der Waals surface area contributed by atoms with E-state index in [1.54, 1.807) is 0 Å². The molecule has 0 saturated heterocycles. The Morgan fingerprint density at radius 1 is 1.14 bits per heavy atom. The van der Waals surface area contributed by atoms with Gasteiger partial charge in [-0.05, 0) is 0 Å². The number of halogens is 1. The SMILES string of the molecule is CCCCC(CC)C([O][Ti])(C1=CC=CC1)C1=CC=CC1.Cl. The van der Waals surface area contributed by atoms with Crippen LogP contribution in [0.2, 0.25) is 0 Å². The molecule has 115 valence electrons. The van der Waals surface area contributed by atoms with Crippen LogP contribution in [0.25, 0.3) is 0 Å². The second kappa shape index (κ2) is 9.15. The molecule has 0 aromatic rings. The first-order valence-electron chi connectivity index (χ1n) is 7.86. The molecule has 2 aliphatic carbocycles. The van der Waals surface area contributed by atoms with E-state index < -0.39 is 0 Å². The van der Waals surface area contributed by atoms with Crippen molar-refractivity contribution < 1.29 is 24.1 Å². The molecule has 1 atom stereocenters. The van der Waals surface area contributed by atoms with Crippen LogP contribution in [0.3, 0.4) is 0 Å². The van der Waals surface area contributed by atoms with Gasteiger partial charge in [0.1, 0.15) is 0 Å². The normalized spacial score (nSPS) is 18.3. The van der Waals surface area contributed by atoms with E-state index in [0.717, 1.165) is 12.8 Å². The third-order valence-electron chi connectivity index (χ3n) is 4.63. The molecule has 0 N–H and O–H groups in total. The van der Waals surface area contributed by atoms with Gasteiger partial charge in [0.05, 0.1) is 0 Å². The minimum atomic E-state index is -0.184. The first-order valence-corrected chi connectivity index (χ1v) is 8.50. The predicted octanol–water partition coefficient (Wildman–Crippen LogP) is 5.61. The maximum atomic E-state index is 6.24. The number of hydrogen-bond acceptors (Lipinski definition) is 1. The second-order valence-electron chi connectivity index (χ2n) is 5.73. The van der Waals surface area contributed by atoms with Gasteiger partial charge in [0.2, 0.25) is 0 Å². The van der Waals surface area contributed by atoms with Crippen molar-refractivity contribution in [1.29, 1.82) is 0 Å². The summed E-state index contributed by atoms with van der Waals surface area (Å²) in [6.07, 6.45) is 20.4. The Morgan fingerprint density at radius 2 is 1.71 bits per heavy atom. The maximum Gasteiger partial charge on any atom is -0.147 e. The molecule has 0 fully saturated rings. The quantitative estimate of drug-likeness (QED) is 0.521. The molecular formula is C18H26ClOTi. The summed E-state index contributed by atoms with van der Waals surface area (Å²) in [4.78, 5) is 0. The Bertz CT molecular complexity index is 418. The van der Waals surface area contributed by atoms with Crippen molar-refractivity contribution in [2.24, 2.45) is 5.92 Å². The maximum absolute atomic E-state index is 6.24. The summed E-state index contributed by atoms with van der Waals surface area (Å²) in [5.74, 6) is 0.574. The molecule has 3 heteroatoms. The van der Waals surface area contributed by atoms with Crippen LogP contribution in [0.5, 0.6) is 0 Å². The third-order valence-corrected chi connectivity index (χ3v) is 5.13. The molecule has 2 rings (SSSR count). The summed E-state index contributed by atoms with van der Waals surface area (Å²) in [7, 11) is 0. The van der Waals surface area contributed by atoms with Crippen LogP contribution in [0, 0.1) is 5.92 Å². The molecule has 0 heterocycles. The van der Waals surface area contributed by atoms with Gasteiger partial charge in [-0.15, -0.1) is 12.4 Å². The Hall–Kier alpha value is -0.0757. The fourth-order valence-electron chi connectivity index (χ4n) is 3.54. The zero-order valence-corrected chi connectivity index (χ0v) is 15.5. The number of rotatable bonds is 8. The van der Waals surface area contributed by atoms with E-state index in [2.05, 4.69) is 50.3 Å². The minimum Gasteiger partial charge on any atom is -0.147 e. The first kappa shape index (κ1) is 19.0. The van der Waals surface area contributed by atoms with Crippen molar-refractivity contribution in [1.82, 2.24) is 0 Å². The molecule has 0 radical (unpaired) electrons. The largest absolute Gasteiger partial charge is 0.147 e. The monoisotopic (exact) mass is 341 g/mol. The molecule has 0 aromatic carbocycles. The molecule has 0 spiro atoms. The first-order chi connectivity index (χ1) is 9.79. The van der Waals surface area contributed by atoms with E-state index >= 15 is 0 Å². The fraction of sp³-hybridized carbons (Fsp3) is 0.556. The van der Waals surface area contributed by atoms with Crippen LogP contribution in [-0.4, -0.2) is 5.60 Å². The van der Waals surface area contributed by atoms with Crippen molar-refractivity contribution in [2.75, 3.05) is 0 Å². The van der Waals surface area contributed by atoms with Crippen molar-refractivity contribution in [2.45, 2.75) is 58.0 Å². The van der Waals surface area contributed by atoms with E-state index in [4.69, 9.17) is 3.32 Å². The van der Waals surface area contributed by atoms with E-state index in [-0.39, 0.29) is 18.0 Å². The van der Waals surface area contributed by atoms with Crippen LogP contribution in [-0.2, 0) is 24.1 Å². The van der Waals surface area contributed by atoms with Gasteiger partial charge in [0.25, 0.3) is 0 Å². The molecule has 1 unspecified atom stereocenters. The van der Waals surface area contributed by atoms with Gasteiger partial charge in [-0.1, -0.05) is 0 Å². The summed E-state index contributed by atoms with van der Waals surface area (Å²) >= 11 is 1.90. The third kappa shape index (κ3) is 3.82. The van der Waals surface area contributed by atoms with Gasteiger partial charge >= 0.3 is 136 Å². The summed E-state index contributed by atoms with van der Waals surface area (Å²) in [5.41, 5.74) is 2.70. The molecule has 0 bridgehead atoms. The average molecular weight is 342 g/mol. The topological polar surface area (TPSA) is 9.23 Å². The van der Waals surface area contributed by atoms with Crippen molar-refractivity contribution in [3.8, 4) is 0 Å². The minimum absolute atomic E-state index is 0. The van der Waals surface area contributed by atoms with Crippen molar-refractivity contribution >= 4 is 12.4 Å². The fourth-order valence-corrected chi connectivity index (χ4v) is 4.21. The smallest absolute Gasteiger partial charge is 0.147 e. The van der Waals surface area contributed by atoms with Crippen LogP contribution in [0.4, 0.5) is 0 Å². The summed E-state index contributed by atoms with van der Waals surface area (Å²) in [6.45, 7) is 4.58. The number of hydrogen-bond donors (Lipinski definition) is 0. The van der Waals surface area contributed by atoms with Crippen LogP contribution < -0.4 is 0 Å². The molecule has 2 aliphatic rings. The van der Waals surface area contributed by atoms with E-state index in [1.807, 2.05) is 20.8 Å². The Morgan fingerprint density at radius 3 is 2.05 bits per heavy atom. The Balaban J connectivity index is 0.00000220. The van der Waals surface area contributed by atoms with Crippen LogP contribution in [0.1, 0.15) is 52.4 Å². The summed E-state index contributed by atoms with van der Waals surface area (Å²) in [6, 6.07) is 0. The van der Waals surface area contributed by atoms with Crippen molar-refractivity contribution in [3.05, 3.63) is 47.6 Å². The molecule has 0 aromatic heterocycles. The van der Waals surface area contributed by atoms with Gasteiger partial charge in [-0.2, -0.15) is 0 Å². The molecule has 0 amide bonds. The van der Waals surface area contributed by atoms with Crippen molar-refractivity contribution in [3.63, 3.8) is 0 Å². The van der Waals surface area contributed by atoms with E-state index in [1.165, 1.54) is 36.8 Å². The number of unbranched alkanes of at least 4 members (excludes halogenated alkanes) is 1. The Kier molecular flexibility index (Phi) is 8.27. The second-order valence-corrected chi connectivity index (χ2v) is 6.05.